The minimum absolute atomic E-state index is 0.211. The van der Waals surface area contributed by atoms with Crippen LogP contribution < -0.4 is 10.6 Å². The van der Waals surface area contributed by atoms with Gasteiger partial charge >= 0.3 is 5.97 Å². The fourth-order valence-electron chi connectivity index (χ4n) is 2.35. The summed E-state index contributed by atoms with van der Waals surface area (Å²) in [6.07, 6.45) is 3.05. The lowest BCUT2D eigenvalue weighted by atomic mass is 9.92. The second-order valence-electron chi connectivity index (χ2n) is 5.09. The van der Waals surface area contributed by atoms with Gasteiger partial charge in [0.25, 0.3) is 0 Å². The molecule has 3 atom stereocenters. The van der Waals surface area contributed by atoms with Crippen LogP contribution in [0.1, 0.15) is 32.6 Å². The number of amides is 1. The predicted octanol–water partition coefficient (Wildman–Crippen LogP) is 0.371. The van der Waals surface area contributed by atoms with Crippen molar-refractivity contribution in [3.8, 4) is 0 Å². The van der Waals surface area contributed by atoms with E-state index >= 15 is 0 Å². The molecule has 1 aliphatic heterocycles. The van der Waals surface area contributed by atoms with Crippen molar-refractivity contribution in [2.45, 2.75) is 44.7 Å². The van der Waals surface area contributed by atoms with E-state index in [-0.39, 0.29) is 17.9 Å². The van der Waals surface area contributed by atoms with Gasteiger partial charge in [-0.25, -0.2) is 4.79 Å². The molecule has 0 spiro atoms. The van der Waals surface area contributed by atoms with Crippen LogP contribution >= 0.6 is 0 Å². The fourth-order valence-corrected chi connectivity index (χ4v) is 2.35. The van der Waals surface area contributed by atoms with Crippen molar-refractivity contribution in [3.05, 3.63) is 0 Å². The predicted molar refractivity (Wildman–Crippen MR) is 70.9 cm³/mol. The van der Waals surface area contributed by atoms with Gasteiger partial charge in [0.15, 0.2) is 0 Å². The van der Waals surface area contributed by atoms with Gasteiger partial charge in [-0.2, -0.15) is 0 Å². The Morgan fingerprint density at radius 2 is 2.26 bits per heavy atom. The van der Waals surface area contributed by atoms with E-state index in [0.717, 1.165) is 19.4 Å². The highest BCUT2D eigenvalue weighted by Crippen LogP contribution is 2.15. The van der Waals surface area contributed by atoms with Crippen LogP contribution in [0.15, 0.2) is 0 Å². The summed E-state index contributed by atoms with van der Waals surface area (Å²) in [6.45, 7) is 3.32. The Balaban J connectivity index is 2.48. The summed E-state index contributed by atoms with van der Waals surface area (Å²) < 4.78 is 4.89. The number of carbonyl (C=O) groups is 2. The molecule has 6 nitrogen and oxygen atoms in total. The molecule has 3 N–H and O–H groups in total. The van der Waals surface area contributed by atoms with Crippen molar-refractivity contribution in [2.75, 3.05) is 20.3 Å². The molecule has 0 bridgehead atoms. The monoisotopic (exact) mass is 272 g/mol. The smallest absolute Gasteiger partial charge is 0.326 e. The largest absolute Gasteiger partial charge is 0.480 e. The summed E-state index contributed by atoms with van der Waals surface area (Å²) in [5.74, 6) is -0.966. The Morgan fingerprint density at radius 1 is 1.53 bits per heavy atom. The lowest BCUT2D eigenvalue weighted by Gasteiger charge is -2.30. The van der Waals surface area contributed by atoms with E-state index in [2.05, 4.69) is 10.6 Å². The number of ether oxygens (including phenoxy) is 1. The zero-order valence-corrected chi connectivity index (χ0v) is 11.6. The maximum atomic E-state index is 12.1. The Labute approximate surface area is 113 Å². The second kappa shape index (κ2) is 8.12. The van der Waals surface area contributed by atoms with Gasteiger partial charge in [-0.1, -0.05) is 6.92 Å². The van der Waals surface area contributed by atoms with Crippen molar-refractivity contribution < 1.29 is 19.4 Å². The minimum atomic E-state index is -0.993. The van der Waals surface area contributed by atoms with Gasteiger partial charge in [-0.3, -0.25) is 4.79 Å². The van der Waals surface area contributed by atoms with Gasteiger partial charge < -0.3 is 20.5 Å². The molecule has 0 radical (unpaired) electrons. The topological polar surface area (TPSA) is 87.7 Å². The number of carboxylic acids is 1. The molecular formula is C13H24N2O4. The van der Waals surface area contributed by atoms with Gasteiger partial charge in [-0.15, -0.1) is 0 Å². The first-order chi connectivity index (χ1) is 9.06. The van der Waals surface area contributed by atoms with Crippen molar-refractivity contribution in [2.24, 2.45) is 5.92 Å². The lowest BCUT2D eigenvalue weighted by Crippen LogP contribution is -2.54. The Bertz CT molecular complexity index is 309. The fraction of sp³-hybridized carbons (Fsp3) is 0.846. The molecule has 0 aliphatic carbocycles. The zero-order valence-electron chi connectivity index (χ0n) is 11.6. The van der Waals surface area contributed by atoms with E-state index in [1.165, 1.54) is 0 Å². The number of carboxylic acid groups (broad SMARTS) is 1. The first-order valence-electron chi connectivity index (χ1n) is 6.81. The quantitative estimate of drug-likeness (QED) is 0.583. The number of methoxy groups -OCH3 is 1. The molecular weight excluding hydrogens is 248 g/mol. The molecule has 110 valence electrons. The SMILES string of the molecule is COCCCC(NC(=O)C1NCCCC1C)C(=O)O. The maximum absolute atomic E-state index is 12.1. The number of aliphatic carboxylic acids is 1. The Kier molecular flexibility index (Phi) is 6.80. The highest BCUT2D eigenvalue weighted by Gasteiger charge is 2.30. The van der Waals surface area contributed by atoms with Gasteiger partial charge in [0, 0.05) is 13.7 Å². The molecule has 1 aliphatic rings. The summed E-state index contributed by atoms with van der Waals surface area (Å²) >= 11 is 0. The standard InChI is InChI=1S/C13H24N2O4/c1-9-5-3-7-14-11(9)12(16)15-10(13(17)18)6-4-8-19-2/h9-11,14H,3-8H2,1-2H3,(H,15,16)(H,17,18). The number of hydrogen-bond donors (Lipinski definition) is 3. The van der Waals surface area contributed by atoms with E-state index < -0.39 is 12.0 Å². The summed E-state index contributed by atoms with van der Waals surface area (Å²) in [4.78, 5) is 23.2. The third kappa shape index (κ3) is 5.16. The van der Waals surface area contributed by atoms with E-state index in [1.807, 2.05) is 6.92 Å². The maximum Gasteiger partial charge on any atom is 0.326 e. The molecule has 0 aromatic heterocycles. The highest BCUT2D eigenvalue weighted by atomic mass is 16.5. The molecule has 3 unspecified atom stereocenters. The van der Waals surface area contributed by atoms with Crippen LogP contribution in [0.3, 0.4) is 0 Å². The normalized spacial score (nSPS) is 24.7. The van der Waals surface area contributed by atoms with Crippen molar-refractivity contribution in [1.29, 1.82) is 0 Å². The lowest BCUT2D eigenvalue weighted by molar-refractivity contribution is -0.142. The van der Waals surface area contributed by atoms with E-state index in [1.54, 1.807) is 7.11 Å². The molecule has 0 saturated carbocycles. The molecule has 0 aromatic rings. The minimum Gasteiger partial charge on any atom is -0.480 e. The summed E-state index contributed by atoms with van der Waals surface area (Å²) in [5, 5.41) is 14.9. The van der Waals surface area contributed by atoms with Crippen LogP contribution in [0, 0.1) is 5.92 Å². The van der Waals surface area contributed by atoms with Crippen LogP contribution in [-0.2, 0) is 14.3 Å². The van der Waals surface area contributed by atoms with Gasteiger partial charge in [0.05, 0.1) is 6.04 Å². The van der Waals surface area contributed by atoms with Gasteiger partial charge in [0.2, 0.25) is 5.91 Å². The molecule has 1 fully saturated rings. The first-order valence-corrected chi connectivity index (χ1v) is 6.81. The third-order valence-electron chi connectivity index (χ3n) is 3.51. The average molecular weight is 272 g/mol. The second-order valence-corrected chi connectivity index (χ2v) is 5.09. The van der Waals surface area contributed by atoms with Crippen molar-refractivity contribution >= 4 is 11.9 Å². The summed E-state index contributed by atoms with van der Waals surface area (Å²) in [5.41, 5.74) is 0. The Morgan fingerprint density at radius 3 is 2.84 bits per heavy atom. The van der Waals surface area contributed by atoms with Gasteiger partial charge in [-0.05, 0) is 38.1 Å². The summed E-state index contributed by atoms with van der Waals surface area (Å²) in [6, 6.07) is -1.11. The number of piperidine rings is 1. The molecule has 1 saturated heterocycles. The van der Waals surface area contributed by atoms with Crippen LogP contribution in [0.4, 0.5) is 0 Å². The van der Waals surface area contributed by atoms with Gasteiger partial charge in [0.1, 0.15) is 6.04 Å². The van der Waals surface area contributed by atoms with Crippen molar-refractivity contribution in [3.63, 3.8) is 0 Å². The molecule has 1 amide bonds. The third-order valence-corrected chi connectivity index (χ3v) is 3.51. The zero-order chi connectivity index (χ0) is 14.3. The van der Waals surface area contributed by atoms with Crippen LogP contribution in [0.25, 0.3) is 0 Å². The number of carbonyl (C=O) groups excluding carboxylic acids is 1. The molecule has 1 heterocycles. The van der Waals surface area contributed by atoms with Crippen molar-refractivity contribution in [1.82, 2.24) is 10.6 Å². The number of nitrogens with one attached hydrogen (secondary N) is 2. The van der Waals surface area contributed by atoms with Crippen LogP contribution in [0.5, 0.6) is 0 Å². The van der Waals surface area contributed by atoms with E-state index in [0.29, 0.717) is 19.4 Å². The van der Waals surface area contributed by atoms with E-state index in [4.69, 9.17) is 9.84 Å². The molecule has 6 heteroatoms. The number of rotatable bonds is 7. The molecule has 0 aromatic carbocycles. The highest BCUT2D eigenvalue weighted by molar-refractivity contribution is 5.87. The average Bonchev–Trinajstić information content (AvgIpc) is 2.38. The molecule has 19 heavy (non-hydrogen) atoms. The van der Waals surface area contributed by atoms with E-state index in [9.17, 15) is 9.59 Å². The van der Waals surface area contributed by atoms with Crippen LogP contribution in [-0.4, -0.2) is 49.3 Å². The number of hydrogen-bond acceptors (Lipinski definition) is 4. The summed E-state index contributed by atoms with van der Waals surface area (Å²) in [7, 11) is 1.57. The molecule has 1 rings (SSSR count). The van der Waals surface area contributed by atoms with Crippen LogP contribution in [0.2, 0.25) is 0 Å². The first kappa shape index (κ1) is 15.9. The Hall–Kier alpha value is -1.14.